The zero-order valence-corrected chi connectivity index (χ0v) is 67.0. The number of hydrogen-bond donors (Lipinski definition) is 4. The summed E-state index contributed by atoms with van der Waals surface area (Å²) in [5.41, 5.74) is 25.7. The molecule has 14 heteroatoms. The number of nitrogens with one attached hydrogen (secondary N) is 1. The number of amides is 1. The predicted octanol–water partition coefficient (Wildman–Crippen LogP) is 15.8. The van der Waals surface area contributed by atoms with E-state index in [-0.39, 0.29) is 41.4 Å². The molecule has 6 N–H and O–H groups in total. The van der Waals surface area contributed by atoms with E-state index in [0.29, 0.717) is 19.5 Å². The van der Waals surface area contributed by atoms with Crippen molar-refractivity contribution in [2.75, 3.05) is 162 Å². The number of rotatable bonds is 37. The SMILES string of the molecule is C.CCCC[N+](C)(C)CCCNC(=O)CCN1/C(=C/C=C/C2=[N+](CCC[N+](CC)(CC)CC)c3ccccc3C2(C)C)C(C)(C)c2ccccc21.CC[N+](CC)(CC)CCC[N+]1=C(/C=C/C=C2/N(CCC(=O)O)c3ccccc3C2(C)C)C(C)(C)c2ccccc21.C[N+](C)(CCCN)CCCN. The second kappa shape index (κ2) is 38.5. The Labute approximate surface area is 621 Å². The molecule has 564 valence electrons. The zero-order chi connectivity index (χ0) is 74.5. The third-order valence-corrected chi connectivity index (χ3v) is 23.7. The molecule has 0 radical (unpaired) electrons. The summed E-state index contributed by atoms with van der Waals surface area (Å²) in [6, 6.07) is 34.9. The van der Waals surface area contributed by atoms with Gasteiger partial charge in [0.2, 0.25) is 17.3 Å². The summed E-state index contributed by atoms with van der Waals surface area (Å²) < 4.78 is 9.53. The van der Waals surface area contributed by atoms with Gasteiger partial charge in [-0.25, -0.2) is 0 Å². The van der Waals surface area contributed by atoms with Crippen molar-refractivity contribution in [1.29, 1.82) is 0 Å². The first-order chi connectivity index (χ1) is 47.9. The third kappa shape index (κ3) is 21.1. The monoisotopic (exact) mass is 1400 g/mol. The average molecular weight is 1410 g/mol. The summed E-state index contributed by atoms with van der Waals surface area (Å²) in [4.78, 5) is 29.2. The molecule has 0 aliphatic carbocycles. The molecule has 0 saturated carbocycles. The molecule has 0 bridgehead atoms. The predicted molar refractivity (Wildman–Crippen MR) is 436 cm³/mol. The number of para-hydroxylation sites is 4. The van der Waals surface area contributed by atoms with Crippen LogP contribution in [0.3, 0.4) is 0 Å². The summed E-state index contributed by atoms with van der Waals surface area (Å²) in [6.45, 7) is 54.3. The molecule has 0 unspecified atom stereocenters. The van der Waals surface area contributed by atoms with Gasteiger partial charge in [0.05, 0.1) is 137 Å². The number of allylic oxidation sites excluding steroid dienone is 8. The summed E-state index contributed by atoms with van der Waals surface area (Å²) in [7, 11) is 9.05. The van der Waals surface area contributed by atoms with Gasteiger partial charge in [-0.1, -0.05) is 133 Å². The molecule has 4 aliphatic rings. The fourth-order valence-corrected chi connectivity index (χ4v) is 16.5. The maximum Gasteiger partial charge on any atom is 0.305 e. The number of carboxylic acids is 1. The average Bonchev–Trinajstić information content (AvgIpc) is 1.62. The first-order valence-electron chi connectivity index (χ1n) is 39.1. The van der Waals surface area contributed by atoms with Gasteiger partial charge in [0.25, 0.3) is 0 Å². The quantitative estimate of drug-likeness (QED) is 0.0201. The van der Waals surface area contributed by atoms with Gasteiger partial charge >= 0.3 is 5.97 Å². The van der Waals surface area contributed by atoms with Gasteiger partial charge < -0.3 is 49.6 Å². The molecular weight excluding hydrogens is 1260 g/mol. The molecule has 0 fully saturated rings. The van der Waals surface area contributed by atoms with Crippen molar-refractivity contribution in [2.24, 2.45) is 11.5 Å². The van der Waals surface area contributed by atoms with Crippen LogP contribution in [0.25, 0.3) is 0 Å². The maximum absolute atomic E-state index is 13.1. The minimum absolute atomic E-state index is 0. The summed E-state index contributed by atoms with van der Waals surface area (Å²) in [5, 5.41) is 12.6. The lowest BCUT2D eigenvalue weighted by molar-refractivity contribution is -0.924. The molecule has 1 amide bonds. The molecule has 14 nitrogen and oxygen atoms in total. The Kier molecular flexibility index (Phi) is 32.5. The molecule has 0 aromatic heterocycles. The Bertz CT molecular complexity index is 3510. The van der Waals surface area contributed by atoms with Crippen molar-refractivity contribution < 1.29 is 41.8 Å². The molecule has 0 saturated heterocycles. The number of carboxylic acid groups (broad SMARTS) is 1. The Hall–Kier alpha value is -6.52. The van der Waals surface area contributed by atoms with E-state index in [0.717, 1.165) is 109 Å². The van der Waals surface area contributed by atoms with Crippen LogP contribution in [-0.4, -0.2) is 208 Å². The molecule has 0 atom stereocenters. The van der Waals surface area contributed by atoms with Crippen LogP contribution in [-0.2, 0) is 31.2 Å². The lowest BCUT2D eigenvalue weighted by atomic mass is 9.81. The van der Waals surface area contributed by atoms with Crippen LogP contribution in [0, 0.1) is 0 Å². The van der Waals surface area contributed by atoms with Crippen molar-refractivity contribution in [3.63, 3.8) is 0 Å². The number of unbranched alkanes of at least 4 members (excludes halogenated alkanes) is 1. The van der Waals surface area contributed by atoms with Crippen LogP contribution in [0.1, 0.15) is 191 Å². The van der Waals surface area contributed by atoms with Crippen LogP contribution in [0.2, 0.25) is 0 Å². The van der Waals surface area contributed by atoms with Gasteiger partial charge in [0.1, 0.15) is 0 Å². The number of aliphatic carboxylic acids is 1. The number of carbonyl (C=O) groups is 2. The Morgan fingerprint density at radius 1 is 0.471 bits per heavy atom. The van der Waals surface area contributed by atoms with E-state index in [4.69, 9.17) is 11.5 Å². The number of anilines is 2. The highest BCUT2D eigenvalue weighted by Crippen LogP contribution is 2.50. The van der Waals surface area contributed by atoms with Crippen LogP contribution < -0.4 is 26.6 Å². The van der Waals surface area contributed by atoms with Crippen molar-refractivity contribution in [3.8, 4) is 0 Å². The zero-order valence-electron chi connectivity index (χ0n) is 67.0. The van der Waals surface area contributed by atoms with E-state index >= 15 is 0 Å². The van der Waals surface area contributed by atoms with Crippen LogP contribution in [0.15, 0.2) is 145 Å². The number of fused-ring (bicyclic) bond motifs is 4. The Morgan fingerprint density at radius 3 is 1.20 bits per heavy atom. The first-order valence-corrected chi connectivity index (χ1v) is 39.1. The molecule has 4 aromatic rings. The fourth-order valence-electron chi connectivity index (χ4n) is 16.5. The van der Waals surface area contributed by atoms with Crippen molar-refractivity contribution in [3.05, 3.63) is 167 Å². The number of nitrogens with zero attached hydrogens (tertiary/aromatic N) is 8. The van der Waals surface area contributed by atoms with Crippen molar-refractivity contribution in [2.45, 2.75) is 191 Å². The normalized spacial score (nSPS) is 17.2. The molecule has 4 aromatic carbocycles. The van der Waals surface area contributed by atoms with Crippen molar-refractivity contribution >= 4 is 46.0 Å². The number of benzene rings is 4. The summed E-state index contributed by atoms with van der Waals surface area (Å²) in [6.07, 6.45) is 22.2. The van der Waals surface area contributed by atoms with Crippen LogP contribution in [0.5, 0.6) is 0 Å². The van der Waals surface area contributed by atoms with Gasteiger partial charge in [-0.15, -0.1) is 0 Å². The summed E-state index contributed by atoms with van der Waals surface area (Å²) in [5.74, 6) is -0.639. The Balaban J connectivity index is 0.000000322. The van der Waals surface area contributed by atoms with Gasteiger partial charge in [-0.05, 0) is 124 Å². The second-order valence-corrected chi connectivity index (χ2v) is 32.5. The van der Waals surface area contributed by atoms with Crippen molar-refractivity contribution in [1.82, 2.24) is 5.32 Å². The molecule has 4 aliphatic heterocycles. The molecular formula is C88H145N11O3+6. The molecule has 8 rings (SSSR count). The highest BCUT2D eigenvalue weighted by atomic mass is 16.4. The molecule has 102 heavy (non-hydrogen) atoms. The maximum atomic E-state index is 13.1. The topological polar surface area (TPSA) is 131 Å². The van der Waals surface area contributed by atoms with E-state index in [1.807, 2.05) is 6.07 Å². The van der Waals surface area contributed by atoms with E-state index < -0.39 is 5.97 Å². The largest absolute Gasteiger partial charge is 0.481 e. The van der Waals surface area contributed by atoms with Crippen LogP contribution in [0.4, 0.5) is 22.7 Å². The number of hydrogen-bond acceptors (Lipinski definition) is 6. The first kappa shape index (κ1) is 86.1. The van der Waals surface area contributed by atoms with Gasteiger partial charge in [0.15, 0.2) is 24.5 Å². The van der Waals surface area contributed by atoms with E-state index in [1.54, 1.807) is 0 Å². The second-order valence-electron chi connectivity index (χ2n) is 32.5. The fraction of sp³-hybridized carbons (Fsp3) is 0.591. The highest BCUT2D eigenvalue weighted by molar-refractivity contribution is 6.04. The van der Waals surface area contributed by atoms with Gasteiger partial charge in [0, 0.05) is 114 Å². The van der Waals surface area contributed by atoms with E-state index in [1.165, 1.54) is 133 Å². The molecule has 4 heterocycles. The number of carbonyl (C=O) groups excluding carboxylic acids is 1. The lowest BCUT2D eigenvalue weighted by Gasteiger charge is -2.35. The third-order valence-electron chi connectivity index (χ3n) is 23.7. The minimum Gasteiger partial charge on any atom is -0.481 e. The number of quaternary nitrogens is 4. The Morgan fingerprint density at radius 2 is 0.824 bits per heavy atom. The van der Waals surface area contributed by atoms with Gasteiger partial charge in [-0.3, -0.25) is 9.59 Å². The number of nitrogens with two attached hydrogens (primary N) is 2. The lowest BCUT2D eigenvalue weighted by Crippen LogP contribution is -2.48. The minimum atomic E-state index is -0.773. The van der Waals surface area contributed by atoms with Crippen LogP contribution >= 0.6 is 0 Å². The van der Waals surface area contributed by atoms with Gasteiger partial charge in [-0.2, -0.15) is 9.15 Å². The molecule has 0 spiro atoms. The van der Waals surface area contributed by atoms with E-state index in [9.17, 15) is 14.7 Å². The standard InChI is InChI=1S/C44H69N5O.C35H48N3O2.C8H22N3.CH4/c1-11-15-33-48(9,10)34-21-30-45-42(50)29-32-47-39-26-19-17-24-37(39)44(7,8)41(47)28-20-27-40-43(5,6)36-23-16-18-25-38(36)46(40)31-22-35-49(12-2,13-3)14-4;1-8-38(9-2,10-3)26-16-24-36-29-19-13-11-17-27(29)34(4,5)31(36)21-15-22-32-35(6,7)28-18-12-14-20-30(28)37(32)25-23-33(39)40;1-11(2,7-3-5-9)8-4-6-10;/h16-20,23-28H,11-15,21-22,29-35H2,1-10H3;11-15,17-22H,8-10,16,23-26H2,1-7H3;3-10H2,1-2H3;1H4/q+2;2*+1;/p+2. The van der Waals surface area contributed by atoms with E-state index in [2.05, 4.69) is 284 Å². The highest BCUT2D eigenvalue weighted by Gasteiger charge is 2.47. The summed E-state index contributed by atoms with van der Waals surface area (Å²) >= 11 is 0. The smallest absolute Gasteiger partial charge is 0.305 e.